The Morgan fingerprint density at radius 3 is 3.00 bits per heavy atom. The average Bonchev–Trinajstić information content (AvgIpc) is 2.54. The lowest BCUT2D eigenvalue weighted by atomic mass is 10.3. The number of aliphatic carboxylic acids is 1. The van der Waals surface area contributed by atoms with E-state index in [1.165, 1.54) is 12.1 Å². The number of carboxylic acid groups (broad SMARTS) is 1. The van der Waals surface area contributed by atoms with Crippen molar-refractivity contribution < 1.29 is 14.3 Å². The molecule has 1 aromatic carbocycles. The molecule has 90 valence electrons. The number of halogens is 1. The highest BCUT2D eigenvalue weighted by atomic mass is 19.1. The molecule has 1 aromatic heterocycles. The Kier molecular flexibility index (Phi) is 3.08. The minimum Gasteiger partial charge on any atom is -0.481 e. The lowest BCUT2D eigenvalue weighted by Crippen LogP contribution is -2.03. The van der Waals surface area contributed by atoms with Crippen molar-refractivity contribution in [1.29, 1.82) is 0 Å². The zero-order valence-electron chi connectivity index (χ0n) is 9.48. The van der Waals surface area contributed by atoms with Crippen LogP contribution in [0.2, 0.25) is 0 Å². The Balaban J connectivity index is 2.27. The minimum atomic E-state index is -0.807. The fraction of sp³-hybridized carbons (Fsp3) is 0.333. The summed E-state index contributed by atoms with van der Waals surface area (Å²) in [5.41, 5.74) is 1.45. The molecular weight excluding hydrogens is 223 g/mol. The Bertz CT molecular complexity index is 563. The summed E-state index contributed by atoms with van der Waals surface area (Å²) in [6, 6.07) is 4.44. The maximum absolute atomic E-state index is 13.0. The van der Waals surface area contributed by atoms with Crippen LogP contribution in [-0.2, 0) is 11.3 Å². The van der Waals surface area contributed by atoms with Gasteiger partial charge in [-0.15, -0.1) is 0 Å². The molecule has 1 N–H and O–H groups in total. The van der Waals surface area contributed by atoms with Crippen LogP contribution in [0.3, 0.4) is 0 Å². The molecule has 1 heterocycles. The second kappa shape index (κ2) is 4.53. The fourth-order valence-electron chi connectivity index (χ4n) is 1.89. The number of benzene rings is 1. The lowest BCUT2D eigenvalue weighted by molar-refractivity contribution is -0.137. The van der Waals surface area contributed by atoms with Gasteiger partial charge in [0.15, 0.2) is 0 Å². The van der Waals surface area contributed by atoms with Gasteiger partial charge in [-0.25, -0.2) is 9.37 Å². The number of carboxylic acids is 1. The number of aromatic nitrogens is 2. The number of rotatable bonds is 4. The summed E-state index contributed by atoms with van der Waals surface area (Å²) in [7, 11) is 0. The first-order valence-corrected chi connectivity index (χ1v) is 5.42. The second-order valence-corrected chi connectivity index (χ2v) is 3.94. The molecule has 0 unspecified atom stereocenters. The van der Waals surface area contributed by atoms with E-state index in [1.807, 2.05) is 11.5 Å². The molecule has 0 saturated carbocycles. The first-order valence-electron chi connectivity index (χ1n) is 5.42. The van der Waals surface area contributed by atoms with Crippen LogP contribution in [0.5, 0.6) is 0 Å². The van der Waals surface area contributed by atoms with Crippen LogP contribution < -0.4 is 0 Å². The third-order valence-electron chi connectivity index (χ3n) is 2.67. The number of aryl methyl sites for hydroxylation is 2. The Hall–Kier alpha value is -1.91. The third kappa shape index (κ3) is 2.43. The molecule has 0 spiro atoms. The highest BCUT2D eigenvalue weighted by molar-refractivity contribution is 5.76. The average molecular weight is 236 g/mol. The van der Waals surface area contributed by atoms with Crippen LogP contribution in [0.25, 0.3) is 11.0 Å². The molecule has 0 aliphatic carbocycles. The highest BCUT2D eigenvalue weighted by Gasteiger charge is 2.08. The molecule has 0 saturated heterocycles. The van der Waals surface area contributed by atoms with Gasteiger partial charge in [-0.2, -0.15) is 0 Å². The van der Waals surface area contributed by atoms with Gasteiger partial charge in [-0.3, -0.25) is 4.79 Å². The number of hydrogen-bond donors (Lipinski definition) is 1. The zero-order valence-corrected chi connectivity index (χ0v) is 9.48. The molecule has 0 radical (unpaired) electrons. The van der Waals surface area contributed by atoms with Gasteiger partial charge < -0.3 is 9.67 Å². The first kappa shape index (κ1) is 11.6. The first-order chi connectivity index (χ1) is 8.08. The fourth-order valence-corrected chi connectivity index (χ4v) is 1.89. The molecule has 0 aliphatic rings. The van der Waals surface area contributed by atoms with Crippen molar-refractivity contribution in [2.24, 2.45) is 0 Å². The van der Waals surface area contributed by atoms with Crippen molar-refractivity contribution in [3.8, 4) is 0 Å². The molecule has 2 rings (SSSR count). The molecular formula is C12H13FN2O2. The Labute approximate surface area is 97.7 Å². The number of imidazole rings is 1. The SMILES string of the molecule is Cc1nc2cc(F)ccc2n1CCCC(=O)O. The van der Waals surface area contributed by atoms with E-state index < -0.39 is 5.97 Å². The van der Waals surface area contributed by atoms with Crippen molar-refractivity contribution >= 4 is 17.0 Å². The van der Waals surface area contributed by atoms with Crippen LogP contribution in [0.15, 0.2) is 18.2 Å². The molecule has 0 atom stereocenters. The summed E-state index contributed by atoms with van der Waals surface area (Å²) in [6.45, 7) is 2.42. The van der Waals surface area contributed by atoms with Gasteiger partial charge in [0.1, 0.15) is 11.6 Å². The lowest BCUT2D eigenvalue weighted by Gasteiger charge is -2.05. The Morgan fingerprint density at radius 2 is 2.29 bits per heavy atom. The van der Waals surface area contributed by atoms with Crippen LogP contribution in [0.1, 0.15) is 18.7 Å². The number of carbonyl (C=O) groups is 1. The molecule has 0 aliphatic heterocycles. The standard InChI is InChI=1S/C12H13FN2O2/c1-8-14-10-7-9(13)4-5-11(10)15(8)6-2-3-12(16)17/h4-5,7H,2-3,6H2,1H3,(H,16,17). The van der Waals surface area contributed by atoms with E-state index in [4.69, 9.17) is 5.11 Å². The largest absolute Gasteiger partial charge is 0.481 e. The highest BCUT2D eigenvalue weighted by Crippen LogP contribution is 2.17. The summed E-state index contributed by atoms with van der Waals surface area (Å²) < 4.78 is 14.9. The smallest absolute Gasteiger partial charge is 0.303 e. The van der Waals surface area contributed by atoms with Crippen molar-refractivity contribution in [3.05, 3.63) is 29.8 Å². The van der Waals surface area contributed by atoms with Crippen molar-refractivity contribution in [2.45, 2.75) is 26.3 Å². The number of nitrogens with zero attached hydrogens (tertiary/aromatic N) is 2. The number of fused-ring (bicyclic) bond motifs is 1. The van der Waals surface area contributed by atoms with E-state index in [9.17, 15) is 9.18 Å². The van der Waals surface area contributed by atoms with Gasteiger partial charge in [0.25, 0.3) is 0 Å². The van der Waals surface area contributed by atoms with E-state index in [0.29, 0.717) is 18.5 Å². The normalized spacial score (nSPS) is 10.9. The van der Waals surface area contributed by atoms with Crippen LogP contribution in [0, 0.1) is 12.7 Å². The quantitative estimate of drug-likeness (QED) is 0.886. The summed E-state index contributed by atoms with van der Waals surface area (Å²) in [6.07, 6.45) is 0.666. The van der Waals surface area contributed by atoms with Crippen molar-refractivity contribution in [1.82, 2.24) is 9.55 Å². The Morgan fingerprint density at radius 1 is 1.53 bits per heavy atom. The summed E-state index contributed by atoms with van der Waals surface area (Å²) in [5, 5.41) is 8.59. The van der Waals surface area contributed by atoms with E-state index in [0.717, 1.165) is 11.3 Å². The van der Waals surface area contributed by atoms with E-state index in [-0.39, 0.29) is 12.2 Å². The molecule has 0 fully saturated rings. The van der Waals surface area contributed by atoms with E-state index >= 15 is 0 Å². The maximum Gasteiger partial charge on any atom is 0.303 e. The molecule has 2 aromatic rings. The van der Waals surface area contributed by atoms with Gasteiger partial charge in [0, 0.05) is 19.0 Å². The third-order valence-corrected chi connectivity index (χ3v) is 2.67. The van der Waals surface area contributed by atoms with Crippen LogP contribution in [-0.4, -0.2) is 20.6 Å². The molecule has 17 heavy (non-hydrogen) atoms. The summed E-state index contributed by atoms with van der Waals surface area (Å²) >= 11 is 0. The zero-order chi connectivity index (χ0) is 12.4. The van der Waals surface area contributed by atoms with Crippen molar-refractivity contribution in [3.63, 3.8) is 0 Å². The molecule has 4 nitrogen and oxygen atoms in total. The van der Waals surface area contributed by atoms with Gasteiger partial charge >= 0.3 is 5.97 Å². The molecule has 5 heteroatoms. The van der Waals surface area contributed by atoms with E-state index in [1.54, 1.807) is 6.07 Å². The number of hydrogen-bond acceptors (Lipinski definition) is 2. The van der Waals surface area contributed by atoms with Gasteiger partial charge in [-0.1, -0.05) is 0 Å². The molecule has 0 amide bonds. The second-order valence-electron chi connectivity index (χ2n) is 3.94. The van der Waals surface area contributed by atoms with E-state index in [2.05, 4.69) is 4.98 Å². The monoisotopic (exact) mass is 236 g/mol. The predicted molar refractivity (Wildman–Crippen MR) is 61.3 cm³/mol. The van der Waals surface area contributed by atoms with Gasteiger partial charge in [-0.05, 0) is 25.5 Å². The summed E-state index contributed by atoms with van der Waals surface area (Å²) in [4.78, 5) is 14.7. The topological polar surface area (TPSA) is 55.1 Å². The maximum atomic E-state index is 13.0. The van der Waals surface area contributed by atoms with Gasteiger partial charge in [0.2, 0.25) is 0 Å². The van der Waals surface area contributed by atoms with Crippen LogP contribution >= 0.6 is 0 Å². The molecule has 0 bridgehead atoms. The minimum absolute atomic E-state index is 0.125. The van der Waals surface area contributed by atoms with Gasteiger partial charge in [0.05, 0.1) is 11.0 Å². The van der Waals surface area contributed by atoms with Crippen molar-refractivity contribution in [2.75, 3.05) is 0 Å². The summed E-state index contributed by atoms with van der Waals surface area (Å²) in [5.74, 6) is -0.346. The van der Waals surface area contributed by atoms with Crippen LogP contribution in [0.4, 0.5) is 4.39 Å². The predicted octanol–water partition coefficient (Wildman–Crippen LogP) is 2.35.